The van der Waals surface area contributed by atoms with Crippen LogP contribution < -0.4 is 0 Å². The summed E-state index contributed by atoms with van der Waals surface area (Å²) in [6.07, 6.45) is 1.40. The molecule has 1 aromatic carbocycles. The van der Waals surface area contributed by atoms with Gasteiger partial charge in [0.2, 0.25) is 5.78 Å². The van der Waals surface area contributed by atoms with Crippen molar-refractivity contribution >= 4 is 17.4 Å². The highest BCUT2D eigenvalue weighted by atomic mass is 35.5. The number of rotatable bonds is 2. The van der Waals surface area contributed by atoms with Crippen molar-refractivity contribution in [3.63, 3.8) is 0 Å². The van der Waals surface area contributed by atoms with E-state index in [9.17, 15) is 9.18 Å². The molecule has 80 valence electrons. The summed E-state index contributed by atoms with van der Waals surface area (Å²) in [5.74, 6) is -0.628. The maximum absolute atomic E-state index is 12.7. The van der Waals surface area contributed by atoms with E-state index in [-0.39, 0.29) is 17.3 Å². The molecule has 0 bridgehead atoms. The molecule has 0 unspecified atom stereocenters. The van der Waals surface area contributed by atoms with Crippen LogP contribution in [0.1, 0.15) is 16.1 Å². The second kappa shape index (κ2) is 4.41. The molecule has 0 spiro atoms. The van der Waals surface area contributed by atoms with Gasteiger partial charge in [-0.2, -0.15) is 0 Å². The SMILES string of the molecule is O=C(c1ccc(F)cc1)c1ccc(Cl)cn1. The third kappa shape index (κ3) is 2.25. The Kier molecular flexibility index (Phi) is 2.97. The summed E-state index contributed by atoms with van der Waals surface area (Å²) in [6, 6.07) is 8.45. The molecule has 2 nitrogen and oxygen atoms in total. The van der Waals surface area contributed by atoms with Crippen LogP contribution in [0.15, 0.2) is 42.6 Å². The van der Waals surface area contributed by atoms with Gasteiger partial charge in [-0.3, -0.25) is 9.78 Å². The molecule has 16 heavy (non-hydrogen) atoms. The largest absolute Gasteiger partial charge is 0.287 e. The molecule has 2 aromatic rings. The van der Waals surface area contributed by atoms with Crippen molar-refractivity contribution in [2.45, 2.75) is 0 Å². The fourth-order valence-electron chi connectivity index (χ4n) is 1.26. The van der Waals surface area contributed by atoms with Gasteiger partial charge >= 0.3 is 0 Å². The Morgan fingerprint density at radius 3 is 2.38 bits per heavy atom. The first-order valence-electron chi connectivity index (χ1n) is 4.58. The Bertz CT molecular complexity index is 460. The lowest BCUT2D eigenvalue weighted by Gasteiger charge is -2.00. The van der Waals surface area contributed by atoms with Crippen molar-refractivity contribution in [3.05, 3.63) is 64.7 Å². The van der Waals surface area contributed by atoms with E-state index in [1.54, 1.807) is 6.07 Å². The summed E-state index contributed by atoms with van der Waals surface area (Å²) in [5.41, 5.74) is 0.687. The zero-order chi connectivity index (χ0) is 11.5. The first kappa shape index (κ1) is 10.8. The van der Waals surface area contributed by atoms with Gasteiger partial charge in [0, 0.05) is 11.8 Å². The second-order valence-corrected chi connectivity index (χ2v) is 3.63. The molecule has 0 aliphatic carbocycles. The highest BCUT2D eigenvalue weighted by molar-refractivity contribution is 6.30. The summed E-state index contributed by atoms with van der Waals surface area (Å²) in [7, 11) is 0. The number of aromatic nitrogens is 1. The van der Waals surface area contributed by atoms with Gasteiger partial charge in [0.15, 0.2) is 0 Å². The van der Waals surface area contributed by atoms with E-state index >= 15 is 0 Å². The van der Waals surface area contributed by atoms with Crippen molar-refractivity contribution in [2.24, 2.45) is 0 Å². The van der Waals surface area contributed by atoms with E-state index in [1.165, 1.54) is 36.5 Å². The minimum absolute atomic E-state index is 0.253. The number of hydrogen-bond acceptors (Lipinski definition) is 2. The summed E-state index contributed by atoms with van der Waals surface area (Å²) in [6.45, 7) is 0. The lowest BCUT2D eigenvalue weighted by Crippen LogP contribution is -2.03. The molecule has 0 fully saturated rings. The predicted octanol–water partition coefficient (Wildman–Crippen LogP) is 3.11. The molecule has 0 saturated carbocycles. The number of carbonyl (C=O) groups excluding carboxylic acids is 1. The third-order valence-electron chi connectivity index (χ3n) is 2.07. The van der Waals surface area contributed by atoms with Crippen LogP contribution in [0.25, 0.3) is 0 Å². The summed E-state index contributed by atoms with van der Waals surface area (Å²) in [4.78, 5) is 15.7. The van der Waals surface area contributed by atoms with Gasteiger partial charge in [-0.25, -0.2) is 4.39 Å². The Morgan fingerprint density at radius 1 is 1.12 bits per heavy atom. The van der Waals surface area contributed by atoms with Crippen molar-refractivity contribution < 1.29 is 9.18 Å². The Morgan fingerprint density at radius 2 is 1.81 bits per heavy atom. The van der Waals surface area contributed by atoms with Gasteiger partial charge in [-0.1, -0.05) is 11.6 Å². The zero-order valence-electron chi connectivity index (χ0n) is 8.15. The molecule has 0 atom stereocenters. The molecule has 2 rings (SSSR count). The van der Waals surface area contributed by atoms with Crippen molar-refractivity contribution in [1.29, 1.82) is 0 Å². The van der Waals surface area contributed by atoms with Crippen molar-refractivity contribution in [3.8, 4) is 0 Å². The quantitative estimate of drug-likeness (QED) is 0.749. The highest BCUT2D eigenvalue weighted by Gasteiger charge is 2.09. The fourth-order valence-corrected chi connectivity index (χ4v) is 1.37. The van der Waals surface area contributed by atoms with Gasteiger partial charge in [0.1, 0.15) is 11.5 Å². The van der Waals surface area contributed by atoms with Crippen LogP contribution in [0.2, 0.25) is 5.02 Å². The van der Waals surface area contributed by atoms with Crippen molar-refractivity contribution in [1.82, 2.24) is 4.98 Å². The standard InChI is InChI=1S/C12H7ClFNO/c13-9-3-6-11(15-7-9)12(16)8-1-4-10(14)5-2-8/h1-7H. The molecular formula is C12H7ClFNO. The van der Waals surface area contributed by atoms with E-state index in [1.807, 2.05) is 0 Å². The average molecular weight is 236 g/mol. The molecule has 0 aliphatic rings. The smallest absolute Gasteiger partial charge is 0.211 e. The highest BCUT2D eigenvalue weighted by Crippen LogP contribution is 2.11. The van der Waals surface area contributed by atoms with E-state index in [0.717, 1.165) is 0 Å². The van der Waals surface area contributed by atoms with Crippen LogP contribution in [-0.2, 0) is 0 Å². The monoisotopic (exact) mass is 235 g/mol. The van der Waals surface area contributed by atoms with Crippen molar-refractivity contribution in [2.75, 3.05) is 0 Å². The van der Waals surface area contributed by atoms with Gasteiger partial charge < -0.3 is 0 Å². The van der Waals surface area contributed by atoms with E-state index in [0.29, 0.717) is 10.6 Å². The molecule has 0 radical (unpaired) electrons. The number of ketones is 1. The first-order chi connectivity index (χ1) is 7.66. The van der Waals surface area contributed by atoms with Crippen LogP contribution in [0.3, 0.4) is 0 Å². The number of hydrogen-bond donors (Lipinski definition) is 0. The molecule has 1 aromatic heterocycles. The maximum Gasteiger partial charge on any atom is 0.211 e. The topological polar surface area (TPSA) is 30.0 Å². The minimum atomic E-state index is -0.374. The molecule has 0 amide bonds. The normalized spacial score (nSPS) is 10.1. The van der Waals surface area contributed by atoms with Gasteiger partial charge in [0.25, 0.3) is 0 Å². The molecule has 0 aliphatic heterocycles. The number of benzene rings is 1. The number of nitrogens with zero attached hydrogens (tertiary/aromatic N) is 1. The lowest BCUT2D eigenvalue weighted by atomic mass is 10.1. The van der Waals surface area contributed by atoms with Crippen LogP contribution >= 0.6 is 11.6 Å². The third-order valence-corrected chi connectivity index (χ3v) is 2.29. The first-order valence-corrected chi connectivity index (χ1v) is 4.96. The Balaban J connectivity index is 2.32. The minimum Gasteiger partial charge on any atom is -0.287 e. The summed E-state index contributed by atoms with van der Waals surface area (Å²) >= 11 is 5.66. The lowest BCUT2D eigenvalue weighted by molar-refractivity contribution is 0.103. The number of pyridine rings is 1. The van der Waals surface area contributed by atoms with E-state index < -0.39 is 0 Å². The Labute approximate surface area is 96.7 Å². The number of carbonyl (C=O) groups is 1. The average Bonchev–Trinajstić information content (AvgIpc) is 2.30. The van der Waals surface area contributed by atoms with Crippen LogP contribution in [0, 0.1) is 5.82 Å². The van der Waals surface area contributed by atoms with E-state index in [2.05, 4.69) is 4.98 Å². The molecule has 0 N–H and O–H groups in total. The van der Waals surface area contributed by atoms with Crippen LogP contribution in [-0.4, -0.2) is 10.8 Å². The van der Waals surface area contributed by atoms with E-state index in [4.69, 9.17) is 11.6 Å². The Hall–Kier alpha value is -1.74. The molecule has 0 saturated heterocycles. The molecule has 1 heterocycles. The second-order valence-electron chi connectivity index (χ2n) is 3.20. The zero-order valence-corrected chi connectivity index (χ0v) is 8.91. The van der Waals surface area contributed by atoms with Crippen LogP contribution in [0.4, 0.5) is 4.39 Å². The van der Waals surface area contributed by atoms with Gasteiger partial charge in [-0.05, 0) is 36.4 Å². The fraction of sp³-hybridized carbons (Fsp3) is 0. The predicted molar refractivity (Wildman–Crippen MR) is 59.1 cm³/mol. The summed E-state index contributed by atoms with van der Waals surface area (Å²) < 4.78 is 12.7. The summed E-state index contributed by atoms with van der Waals surface area (Å²) in [5, 5.41) is 0.468. The molecule has 4 heteroatoms. The van der Waals surface area contributed by atoms with Crippen LogP contribution in [0.5, 0.6) is 0 Å². The van der Waals surface area contributed by atoms with Gasteiger partial charge in [-0.15, -0.1) is 0 Å². The maximum atomic E-state index is 12.7. The number of halogens is 2. The molecular weight excluding hydrogens is 229 g/mol. The van der Waals surface area contributed by atoms with Gasteiger partial charge in [0.05, 0.1) is 5.02 Å².